The minimum absolute atomic E-state index is 0.132. The fraction of sp³-hybridized carbons (Fsp3) is 0.500. The zero-order valence-corrected chi connectivity index (χ0v) is 12.3. The Morgan fingerprint density at radius 1 is 1.23 bits per heavy atom. The molecular formula is C16H20FN3O2. The Hall–Kier alpha value is -2.11. The van der Waals surface area contributed by atoms with Crippen LogP contribution < -0.4 is 11.1 Å². The van der Waals surface area contributed by atoms with Gasteiger partial charge in [0.15, 0.2) is 0 Å². The van der Waals surface area contributed by atoms with Crippen LogP contribution >= 0.6 is 0 Å². The average molecular weight is 305 g/mol. The standard InChI is InChI=1S/C16H20FN3O2/c17-13-3-1-2-12-11(13)4-5-14(12)19-16(22)20-8-6-10(7-9-20)15(18)21/h1-3,10,14H,4-9H2,(H2,18,21)(H,19,22)/t14-/m1/s1. The molecule has 1 aliphatic carbocycles. The Kier molecular flexibility index (Phi) is 4.00. The summed E-state index contributed by atoms with van der Waals surface area (Å²) in [6.07, 6.45) is 2.59. The molecule has 3 N–H and O–H groups in total. The number of fused-ring (bicyclic) bond motifs is 1. The maximum atomic E-state index is 13.7. The Balaban J connectivity index is 1.60. The van der Waals surface area contributed by atoms with Gasteiger partial charge in [-0.15, -0.1) is 0 Å². The first-order valence-corrected chi connectivity index (χ1v) is 7.68. The van der Waals surface area contributed by atoms with Gasteiger partial charge in [0.1, 0.15) is 5.82 Å². The average Bonchev–Trinajstić information content (AvgIpc) is 2.92. The number of carbonyl (C=O) groups excluding carboxylic acids is 2. The number of nitrogens with two attached hydrogens (primary N) is 1. The molecule has 3 rings (SSSR count). The summed E-state index contributed by atoms with van der Waals surface area (Å²) in [5.41, 5.74) is 6.88. The maximum Gasteiger partial charge on any atom is 0.317 e. The van der Waals surface area contributed by atoms with Crippen molar-refractivity contribution in [2.24, 2.45) is 11.7 Å². The van der Waals surface area contributed by atoms with Gasteiger partial charge < -0.3 is 16.0 Å². The Morgan fingerprint density at radius 2 is 1.95 bits per heavy atom. The molecule has 1 aliphatic heterocycles. The van der Waals surface area contributed by atoms with Crippen LogP contribution in [0.15, 0.2) is 18.2 Å². The molecule has 0 unspecified atom stereocenters. The number of halogens is 1. The van der Waals surface area contributed by atoms with Crippen LogP contribution in [0.25, 0.3) is 0 Å². The number of primary amides is 1. The molecule has 118 valence electrons. The van der Waals surface area contributed by atoms with Crippen molar-refractivity contribution in [1.82, 2.24) is 10.2 Å². The first-order chi connectivity index (χ1) is 10.6. The molecular weight excluding hydrogens is 285 g/mol. The van der Waals surface area contributed by atoms with E-state index in [1.54, 1.807) is 11.0 Å². The molecule has 6 heteroatoms. The summed E-state index contributed by atoms with van der Waals surface area (Å²) in [4.78, 5) is 25.2. The summed E-state index contributed by atoms with van der Waals surface area (Å²) >= 11 is 0. The maximum absolute atomic E-state index is 13.7. The lowest BCUT2D eigenvalue weighted by Crippen LogP contribution is -2.46. The van der Waals surface area contributed by atoms with Crippen molar-refractivity contribution in [3.63, 3.8) is 0 Å². The fourth-order valence-electron chi connectivity index (χ4n) is 3.37. The second kappa shape index (κ2) is 5.94. The number of nitrogens with one attached hydrogen (secondary N) is 1. The van der Waals surface area contributed by atoms with E-state index in [4.69, 9.17) is 5.73 Å². The molecule has 0 spiro atoms. The third kappa shape index (κ3) is 2.77. The van der Waals surface area contributed by atoms with Gasteiger partial charge >= 0.3 is 6.03 Å². The number of carbonyl (C=O) groups is 2. The SMILES string of the molecule is NC(=O)C1CCN(C(=O)N[C@@H]2CCc3c(F)cccc32)CC1. The van der Waals surface area contributed by atoms with Crippen LogP contribution in [0.1, 0.15) is 36.4 Å². The number of piperidine rings is 1. The molecule has 2 aliphatic rings. The first-order valence-electron chi connectivity index (χ1n) is 7.68. The number of rotatable bonds is 2. The van der Waals surface area contributed by atoms with Crippen molar-refractivity contribution in [2.75, 3.05) is 13.1 Å². The van der Waals surface area contributed by atoms with Gasteiger partial charge in [0.05, 0.1) is 6.04 Å². The van der Waals surface area contributed by atoms with Gasteiger partial charge in [-0.2, -0.15) is 0 Å². The van der Waals surface area contributed by atoms with E-state index < -0.39 is 0 Å². The summed E-state index contributed by atoms with van der Waals surface area (Å²) in [5.74, 6) is -0.623. The molecule has 1 heterocycles. The highest BCUT2D eigenvalue weighted by atomic mass is 19.1. The summed E-state index contributed by atoms with van der Waals surface area (Å²) in [7, 11) is 0. The van der Waals surface area contributed by atoms with E-state index in [1.807, 2.05) is 6.07 Å². The molecule has 22 heavy (non-hydrogen) atoms. The van der Waals surface area contributed by atoms with Crippen LogP contribution in [-0.2, 0) is 11.2 Å². The van der Waals surface area contributed by atoms with E-state index in [9.17, 15) is 14.0 Å². The lowest BCUT2D eigenvalue weighted by Gasteiger charge is -2.31. The summed E-state index contributed by atoms with van der Waals surface area (Å²) in [6.45, 7) is 1.06. The predicted molar refractivity (Wildman–Crippen MR) is 79.5 cm³/mol. The lowest BCUT2D eigenvalue weighted by molar-refractivity contribution is -0.123. The van der Waals surface area contributed by atoms with Gasteiger partial charge in [0, 0.05) is 19.0 Å². The van der Waals surface area contributed by atoms with E-state index in [0.29, 0.717) is 37.9 Å². The highest BCUT2D eigenvalue weighted by Crippen LogP contribution is 2.32. The van der Waals surface area contributed by atoms with E-state index >= 15 is 0 Å². The number of benzene rings is 1. The van der Waals surface area contributed by atoms with Gasteiger partial charge in [-0.1, -0.05) is 12.1 Å². The number of likely N-dealkylation sites (tertiary alicyclic amines) is 1. The number of hydrogen-bond acceptors (Lipinski definition) is 2. The number of hydrogen-bond donors (Lipinski definition) is 2. The molecule has 0 bridgehead atoms. The smallest absolute Gasteiger partial charge is 0.317 e. The van der Waals surface area contributed by atoms with Crippen LogP contribution in [0, 0.1) is 11.7 Å². The summed E-state index contributed by atoms with van der Waals surface area (Å²) in [6, 6.07) is 4.72. The van der Waals surface area contributed by atoms with Crippen molar-refractivity contribution in [3.8, 4) is 0 Å². The molecule has 3 amide bonds. The highest BCUT2D eigenvalue weighted by molar-refractivity contribution is 5.78. The van der Waals surface area contributed by atoms with Crippen molar-refractivity contribution in [3.05, 3.63) is 35.1 Å². The fourth-order valence-corrected chi connectivity index (χ4v) is 3.37. The summed E-state index contributed by atoms with van der Waals surface area (Å²) in [5, 5.41) is 2.98. The van der Waals surface area contributed by atoms with Crippen LogP contribution in [0.4, 0.5) is 9.18 Å². The van der Waals surface area contributed by atoms with E-state index in [2.05, 4.69) is 5.32 Å². The number of amides is 3. The Morgan fingerprint density at radius 3 is 2.64 bits per heavy atom. The van der Waals surface area contributed by atoms with Gasteiger partial charge in [0.2, 0.25) is 5.91 Å². The predicted octanol–water partition coefficient (Wildman–Crippen LogP) is 1.72. The van der Waals surface area contributed by atoms with Gasteiger partial charge in [-0.05, 0) is 42.9 Å². The Bertz CT molecular complexity index is 597. The molecule has 1 fully saturated rings. The zero-order valence-electron chi connectivity index (χ0n) is 12.3. The topological polar surface area (TPSA) is 75.4 Å². The van der Waals surface area contributed by atoms with E-state index in [1.165, 1.54) is 6.07 Å². The van der Waals surface area contributed by atoms with E-state index in [0.717, 1.165) is 12.0 Å². The first kappa shape index (κ1) is 14.8. The van der Waals surface area contributed by atoms with Gasteiger partial charge in [-0.25, -0.2) is 9.18 Å². The monoisotopic (exact) mass is 305 g/mol. The minimum atomic E-state index is -0.291. The summed E-state index contributed by atoms with van der Waals surface area (Å²) < 4.78 is 13.7. The highest BCUT2D eigenvalue weighted by Gasteiger charge is 2.30. The number of urea groups is 1. The molecule has 0 saturated carbocycles. The normalized spacial score (nSPS) is 21.5. The second-order valence-electron chi connectivity index (χ2n) is 6.01. The van der Waals surface area contributed by atoms with Gasteiger partial charge in [-0.3, -0.25) is 4.79 Å². The lowest BCUT2D eigenvalue weighted by atomic mass is 9.96. The molecule has 5 nitrogen and oxygen atoms in total. The third-order valence-electron chi connectivity index (χ3n) is 4.70. The molecule has 1 aromatic rings. The van der Waals surface area contributed by atoms with Crippen molar-refractivity contribution in [1.29, 1.82) is 0 Å². The van der Waals surface area contributed by atoms with Crippen LogP contribution in [0.2, 0.25) is 0 Å². The number of nitrogens with zero attached hydrogens (tertiary/aromatic N) is 1. The van der Waals surface area contributed by atoms with E-state index in [-0.39, 0.29) is 29.7 Å². The van der Waals surface area contributed by atoms with Crippen LogP contribution in [-0.4, -0.2) is 29.9 Å². The van der Waals surface area contributed by atoms with Crippen molar-refractivity contribution in [2.45, 2.75) is 31.7 Å². The molecule has 1 aromatic carbocycles. The molecule has 1 saturated heterocycles. The molecule has 0 aromatic heterocycles. The minimum Gasteiger partial charge on any atom is -0.369 e. The third-order valence-corrected chi connectivity index (χ3v) is 4.70. The van der Waals surface area contributed by atoms with Crippen molar-refractivity contribution >= 4 is 11.9 Å². The van der Waals surface area contributed by atoms with Crippen LogP contribution in [0.3, 0.4) is 0 Å². The molecule has 0 radical (unpaired) electrons. The quantitative estimate of drug-likeness (QED) is 0.873. The molecule has 1 atom stereocenters. The largest absolute Gasteiger partial charge is 0.369 e. The Labute approximate surface area is 128 Å². The zero-order chi connectivity index (χ0) is 15.7. The van der Waals surface area contributed by atoms with Crippen LogP contribution in [0.5, 0.6) is 0 Å². The second-order valence-corrected chi connectivity index (χ2v) is 6.01. The van der Waals surface area contributed by atoms with Gasteiger partial charge in [0.25, 0.3) is 0 Å². The van der Waals surface area contributed by atoms with Crippen molar-refractivity contribution < 1.29 is 14.0 Å².